The zero-order valence-corrected chi connectivity index (χ0v) is 19.1. The average molecular weight is 383 g/mol. The van der Waals surface area contributed by atoms with Crippen LogP contribution in [0.3, 0.4) is 0 Å². The van der Waals surface area contributed by atoms with Gasteiger partial charge >= 0.3 is 0 Å². The van der Waals surface area contributed by atoms with Gasteiger partial charge in [-0.2, -0.15) is 0 Å². The minimum absolute atomic E-state index is 0.183. The molecule has 0 spiro atoms. The molecule has 3 nitrogen and oxygen atoms in total. The summed E-state index contributed by atoms with van der Waals surface area (Å²) in [5, 5.41) is 3.75. The lowest BCUT2D eigenvalue weighted by Crippen LogP contribution is -2.43. The summed E-state index contributed by atoms with van der Waals surface area (Å²) in [6, 6.07) is 15.0. The fourth-order valence-corrected chi connectivity index (χ4v) is 4.50. The molecule has 27 heavy (non-hydrogen) atoms. The van der Waals surface area contributed by atoms with Gasteiger partial charge in [0.2, 0.25) is 8.32 Å². The summed E-state index contributed by atoms with van der Waals surface area (Å²) in [7, 11) is 0.372. The van der Waals surface area contributed by atoms with Crippen molar-refractivity contribution in [1.29, 1.82) is 0 Å². The van der Waals surface area contributed by atoms with E-state index in [2.05, 4.69) is 107 Å². The zero-order valence-electron chi connectivity index (χ0n) is 18.1. The van der Waals surface area contributed by atoms with E-state index in [1.165, 1.54) is 11.3 Å². The lowest BCUT2D eigenvalue weighted by molar-refractivity contribution is 0.492. The summed E-state index contributed by atoms with van der Waals surface area (Å²) < 4.78 is 6.38. The van der Waals surface area contributed by atoms with E-state index in [1.54, 1.807) is 0 Å². The Balaban J connectivity index is 1.75. The van der Waals surface area contributed by atoms with Gasteiger partial charge in [-0.3, -0.25) is 0 Å². The van der Waals surface area contributed by atoms with Crippen LogP contribution in [0, 0.1) is 0 Å². The second-order valence-electron chi connectivity index (χ2n) is 9.98. The van der Waals surface area contributed by atoms with E-state index in [0.29, 0.717) is 0 Å². The first-order valence-corrected chi connectivity index (χ1v) is 12.7. The van der Waals surface area contributed by atoms with E-state index < -0.39 is 8.32 Å². The van der Waals surface area contributed by atoms with Crippen LogP contribution in [0.2, 0.25) is 18.1 Å². The quantitative estimate of drug-likeness (QED) is 0.607. The molecule has 2 aromatic rings. The summed E-state index contributed by atoms with van der Waals surface area (Å²) >= 11 is 0. The van der Waals surface area contributed by atoms with E-state index in [1.807, 2.05) is 0 Å². The van der Waals surface area contributed by atoms with Crippen LogP contribution < -0.4 is 14.6 Å². The van der Waals surface area contributed by atoms with E-state index in [-0.39, 0.29) is 10.5 Å². The largest absolute Gasteiger partial charge is 0.544 e. The van der Waals surface area contributed by atoms with Gasteiger partial charge in [-0.15, -0.1) is 0 Å². The molecule has 0 aliphatic carbocycles. The van der Waals surface area contributed by atoms with Gasteiger partial charge in [-0.05, 0) is 66.2 Å². The molecule has 1 heterocycles. The minimum Gasteiger partial charge on any atom is -0.544 e. The van der Waals surface area contributed by atoms with Crippen molar-refractivity contribution >= 4 is 25.4 Å². The van der Waals surface area contributed by atoms with Gasteiger partial charge in [-0.25, -0.2) is 0 Å². The van der Waals surface area contributed by atoms with Crippen molar-refractivity contribution in [1.82, 2.24) is 0 Å². The fourth-order valence-electron chi connectivity index (χ4n) is 3.47. The molecule has 1 aliphatic heterocycles. The average Bonchev–Trinajstić information content (AvgIpc) is 2.77. The van der Waals surface area contributed by atoms with E-state index in [9.17, 15) is 0 Å². The molecule has 0 aromatic heterocycles. The smallest absolute Gasteiger partial charge is 0.250 e. The van der Waals surface area contributed by atoms with Gasteiger partial charge in [0.25, 0.3) is 0 Å². The van der Waals surface area contributed by atoms with E-state index >= 15 is 0 Å². The third-order valence-corrected chi connectivity index (χ3v) is 10.4. The SMILES string of the molecule is CN1CC(C)(C)c2cc(Nc3ccc(O[Si](C)(C)C(C)(C)C)cc3)ccc21. The van der Waals surface area contributed by atoms with Crippen LogP contribution in [0.4, 0.5) is 17.1 Å². The Morgan fingerprint density at radius 3 is 2.19 bits per heavy atom. The molecule has 0 fully saturated rings. The number of fused-ring (bicyclic) bond motifs is 1. The van der Waals surface area contributed by atoms with Crippen LogP contribution in [-0.2, 0) is 5.41 Å². The van der Waals surface area contributed by atoms with E-state index in [0.717, 1.165) is 23.7 Å². The third kappa shape index (κ3) is 4.01. The molecular weight excluding hydrogens is 348 g/mol. The molecule has 3 rings (SSSR count). The van der Waals surface area contributed by atoms with E-state index in [4.69, 9.17) is 4.43 Å². The van der Waals surface area contributed by atoms with Crippen LogP contribution in [0.5, 0.6) is 5.75 Å². The zero-order chi connectivity index (χ0) is 20.0. The van der Waals surface area contributed by atoms with Crippen LogP contribution in [0.1, 0.15) is 40.2 Å². The predicted molar refractivity (Wildman–Crippen MR) is 120 cm³/mol. The number of benzene rings is 2. The summed E-state index contributed by atoms with van der Waals surface area (Å²) in [6.45, 7) is 17.0. The van der Waals surface area contributed by atoms with Gasteiger partial charge < -0.3 is 14.6 Å². The van der Waals surface area contributed by atoms with Crippen molar-refractivity contribution < 1.29 is 4.43 Å². The van der Waals surface area contributed by atoms with Gasteiger partial charge in [0.1, 0.15) is 5.75 Å². The number of hydrogen-bond donors (Lipinski definition) is 1. The molecule has 2 aromatic carbocycles. The Hall–Kier alpha value is -1.94. The van der Waals surface area contributed by atoms with Gasteiger partial charge in [0.15, 0.2) is 0 Å². The molecule has 146 valence electrons. The lowest BCUT2D eigenvalue weighted by atomic mass is 9.87. The first-order valence-electron chi connectivity index (χ1n) is 9.81. The highest BCUT2D eigenvalue weighted by Gasteiger charge is 2.39. The molecular formula is C23H34N2OSi. The van der Waals surface area contributed by atoms with Crippen molar-refractivity contribution in [2.45, 2.75) is 58.2 Å². The molecule has 4 heteroatoms. The van der Waals surface area contributed by atoms with Crippen molar-refractivity contribution in [2.75, 3.05) is 23.8 Å². The van der Waals surface area contributed by atoms with Gasteiger partial charge in [0.05, 0.1) is 0 Å². The molecule has 0 saturated heterocycles. The standard InChI is InChI=1S/C23H34N2OSi/c1-22(2,3)27(7,8)26-19-12-9-17(10-13-19)24-18-11-14-21-20(15-18)23(4,5)16-25(21)6/h9-15,24H,16H2,1-8H3. The monoisotopic (exact) mass is 382 g/mol. The second-order valence-corrected chi connectivity index (χ2v) is 14.7. The highest BCUT2D eigenvalue weighted by atomic mass is 28.4. The Morgan fingerprint density at radius 2 is 1.59 bits per heavy atom. The highest BCUT2D eigenvalue weighted by Crippen LogP contribution is 2.41. The third-order valence-electron chi connectivity index (χ3n) is 6.09. The normalized spacial score (nSPS) is 16.2. The summed E-state index contributed by atoms with van der Waals surface area (Å²) in [6.07, 6.45) is 0. The summed E-state index contributed by atoms with van der Waals surface area (Å²) in [5.74, 6) is 0.962. The highest BCUT2D eigenvalue weighted by molar-refractivity contribution is 6.74. The number of anilines is 3. The van der Waals surface area contributed by atoms with Crippen molar-refractivity contribution in [3.05, 3.63) is 48.0 Å². The molecule has 0 bridgehead atoms. The molecule has 1 N–H and O–H groups in total. The fraction of sp³-hybridized carbons (Fsp3) is 0.478. The number of nitrogens with zero attached hydrogens (tertiary/aromatic N) is 1. The van der Waals surface area contributed by atoms with Gasteiger partial charge in [-0.1, -0.05) is 34.6 Å². The number of hydrogen-bond acceptors (Lipinski definition) is 3. The molecule has 0 radical (unpaired) electrons. The van der Waals surface area contributed by atoms with Gasteiger partial charge in [0, 0.05) is 36.1 Å². The Labute approximate surface area is 165 Å². The van der Waals surface area contributed by atoms with Crippen LogP contribution in [0.25, 0.3) is 0 Å². The Morgan fingerprint density at radius 1 is 1.00 bits per heavy atom. The van der Waals surface area contributed by atoms with Crippen molar-refractivity contribution in [3.63, 3.8) is 0 Å². The lowest BCUT2D eigenvalue weighted by Gasteiger charge is -2.36. The minimum atomic E-state index is -1.80. The predicted octanol–water partition coefficient (Wildman–Crippen LogP) is 6.54. The van der Waals surface area contributed by atoms with Crippen LogP contribution in [-0.4, -0.2) is 21.9 Å². The molecule has 0 atom stereocenters. The summed E-state index contributed by atoms with van der Waals surface area (Å²) in [4.78, 5) is 2.34. The van der Waals surface area contributed by atoms with Crippen molar-refractivity contribution in [2.24, 2.45) is 0 Å². The maximum atomic E-state index is 6.38. The van der Waals surface area contributed by atoms with Crippen molar-refractivity contribution in [3.8, 4) is 5.75 Å². The molecule has 0 amide bonds. The maximum absolute atomic E-state index is 6.38. The Bertz CT molecular complexity index is 819. The molecule has 1 aliphatic rings. The second kappa shape index (κ2) is 6.59. The Kier molecular flexibility index (Phi) is 4.83. The first kappa shape index (κ1) is 19.8. The number of rotatable bonds is 4. The van der Waals surface area contributed by atoms with Crippen LogP contribution in [0.15, 0.2) is 42.5 Å². The van der Waals surface area contributed by atoms with Crippen LogP contribution >= 0.6 is 0 Å². The number of nitrogens with one attached hydrogen (secondary N) is 1. The molecule has 0 unspecified atom stereocenters. The molecule has 0 saturated carbocycles. The topological polar surface area (TPSA) is 24.5 Å². The first-order chi connectivity index (χ1) is 12.4. The number of likely N-dealkylation sites (N-methyl/N-ethyl adjacent to an activating group) is 1. The summed E-state index contributed by atoms with van der Waals surface area (Å²) in [5.41, 5.74) is 5.15. The maximum Gasteiger partial charge on any atom is 0.250 e.